The lowest BCUT2D eigenvalue weighted by atomic mass is 10.1. The summed E-state index contributed by atoms with van der Waals surface area (Å²) >= 11 is 0. The van der Waals surface area contributed by atoms with Crippen molar-refractivity contribution >= 4 is 17.5 Å². The second kappa shape index (κ2) is 8.77. The van der Waals surface area contributed by atoms with Gasteiger partial charge in [-0.05, 0) is 30.7 Å². The molecule has 0 fully saturated rings. The third kappa shape index (κ3) is 5.14. The standard InChI is InChI=1S/C21H20N4O3/c1-15-7-9-16(10-8-15)13-22-19(26)14-25-20(27)12-11-18(24-25)21(28)23-17-5-3-2-4-6-17/h2-12H,13-14H2,1H3,(H,22,26)(H,23,28). The summed E-state index contributed by atoms with van der Waals surface area (Å²) in [6.45, 7) is 2.07. The maximum atomic E-state index is 12.3. The second-order valence-electron chi connectivity index (χ2n) is 6.30. The molecule has 0 atom stereocenters. The van der Waals surface area contributed by atoms with Crippen molar-refractivity contribution in [1.29, 1.82) is 0 Å². The smallest absolute Gasteiger partial charge is 0.276 e. The zero-order valence-electron chi connectivity index (χ0n) is 15.4. The van der Waals surface area contributed by atoms with Crippen LogP contribution in [0.15, 0.2) is 71.5 Å². The first-order valence-corrected chi connectivity index (χ1v) is 8.78. The fourth-order valence-electron chi connectivity index (χ4n) is 2.50. The Labute approximate surface area is 162 Å². The Morgan fingerprint density at radius 3 is 2.39 bits per heavy atom. The van der Waals surface area contributed by atoms with Crippen molar-refractivity contribution in [2.24, 2.45) is 0 Å². The molecule has 0 aliphatic rings. The average Bonchev–Trinajstić information content (AvgIpc) is 2.70. The van der Waals surface area contributed by atoms with Crippen LogP contribution in [0.1, 0.15) is 21.6 Å². The van der Waals surface area contributed by atoms with Crippen LogP contribution in [0, 0.1) is 6.92 Å². The Kier molecular flexibility index (Phi) is 5.96. The average molecular weight is 376 g/mol. The van der Waals surface area contributed by atoms with Gasteiger partial charge in [0.05, 0.1) is 0 Å². The molecule has 142 valence electrons. The van der Waals surface area contributed by atoms with Crippen LogP contribution in [0.25, 0.3) is 0 Å². The van der Waals surface area contributed by atoms with Gasteiger partial charge < -0.3 is 10.6 Å². The molecule has 0 unspecified atom stereocenters. The largest absolute Gasteiger partial charge is 0.350 e. The predicted octanol–water partition coefficient (Wildman–Crippen LogP) is 2.12. The molecule has 1 aromatic heterocycles. The molecule has 2 aromatic carbocycles. The van der Waals surface area contributed by atoms with Crippen LogP contribution in [-0.2, 0) is 17.9 Å². The summed E-state index contributed by atoms with van der Waals surface area (Å²) in [7, 11) is 0. The van der Waals surface area contributed by atoms with Gasteiger partial charge in [0.25, 0.3) is 11.5 Å². The van der Waals surface area contributed by atoms with E-state index in [-0.39, 0.29) is 18.1 Å². The zero-order chi connectivity index (χ0) is 19.9. The number of hydrogen-bond acceptors (Lipinski definition) is 4. The number of aromatic nitrogens is 2. The molecule has 0 aliphatic carbocycles. The van der Waals surface area contributed by atoms with Gasteiger partial charge in [-0.3, -0.25) is 14.4 Å². The Balaban J connectivity index is 1.64. The van der Waals surface area contributed by atoms with Gasteiger partial charge >= 0.3 is 0 Å². The minimum atomic E-state index is -0.458. The highest BCUT2D eigenvalue weighted by molar-refractivity contribution is 6.02. The molecule has 0 radical (unpaired) electrons. The van der Waals surface area contributed by atoms with Crippen LogP contribution < -0.4 is 16.2 Å². The van der Waals surface area contributed by atoms with E-state index < -0.39 is 11.5 Å². The van der Waals surface area contributed by atoms with Crippen LogP contribution in [0.3, 0.4) is 0 Å². The number of carbonyl (C=O) groups is 2. The number of anilines is 1. The summed E-state index contributed by atoms with van der Waals surface area (Å²) in [4.78, 5) is 36.5. The van der Waals surface area contributed by atoms with Gasteiger partial charge in [-0.15, -0.1) is 0 Å². The highest BCUT2D eigenvalue weighted by atomic mass is 16.2. The van der Waals surface area contributed by atoms with Crippen LogP contribution in [0.2, 0.25) is 0 Å². The highest BCUT2D eigenvalue weighted by Crippen LogP contribution is 2.07. The minimum absolute atomic E-state index is 0.0507. The lowest BCUT2D eigenvalue weighted by molar-refractivity contribution is -0.122. The monoisotopic (exact) mass is 376 g/mol. The van der Waals surface area contributed by atoms with E-state index in [9.17, 15) is 14.4 Å². The maximum absolute atomic E-state index is 12.3. The Morgan fingerprint density at radius 2 is 1.68 bits per heavy atom. The molecule has 3 rings (SSSR count). The van der Waals surface area contributed by atoms with E-state index in [2.05, 4.69) is 15.7 Å². The van der Waals surface area contributed by atoms with Gasteiger partial charge in [0, 0.05) is 18.3 Å². The topological polar surface area (TPSA) is 93.1 Å². The number of nitrogens with zero attached hydrogens (tertiary/aromatic N) is 2. The Morgan fingerprint density at radius 1 is 0.964 bits per heavy atom. The van der Waals surface area contributed by atoms with Crippen molar-refractivity contribution in [2.45, 2.75) is 20.0 Å². The summed E-state index contributed by atoms with van der Waals surface area (Å²) in [5.41, 5.74) is 2.30. The van der Waals surface area contributed by atoms with E-state index in [1.807, 2.05) is 37.3 Å². The van der Waals surface area contributed by atoms with Gasteiger partial charge in [-0.1, -0.05) is 48.0 Å². The van der Waals surface area contributed by atoms with Gasteiger partial charge in [-0.25, -0.2) is 4.68 Å². The van der Waals surface area contributed by atoms with Crippen molar-refractivity contribution in [3.8, 4) is 0 Å². The van der Waals surface area contributed by atoms with Crippen LogP contribution in [0.4, 0.5) is 5.69 Å². The molecule has 0 spiro atoms. The first-order valence-electron chi connectivity index (χ1n) is 8.78. The summed E-state index contributed by atoms with van der Waals surface area (Å²) in [5.74, 6) is -0.823. The number of rotatable bonds is 6. The number of amides is 2. The van der Waals surface area contributed by atoms with E-state index in [0.717, 1.165) is 15.8 Å². The molecule has 2 amide bonds. The number of aryl methyl sites for hydroxylation is 1. The highest BCUT2D eigenvalue weighted by Gasteiger charge is 2.12. The lowest BCUT2D eigenvalue weighted by Crippen LogP contribution is -2.34. The third-order valence-corrected chi connectivity index (χ3v) is 4.03. The molecule has 28 heavy (non-hydrogen) atoms. The first-order chi connectivity index (χ1) is 13.5. The Hall–Kier alpha value is -3.74. The fourth-order valence-corrected chi connectivity index (χ4v) is 2.50. The molecule has 0 saturated carbocycles. The molecule has 0 saturated heterocycles. The van der Waals surface area contributed by atoms with Gasteiger partial charge in [0.15, 0.2) is 0 Å². The SMILES string of the molecule is Cc1ccc(CNC(=O)Cn2nc(C(=O)Nc3ccccc3)ccc2=O)cc1. The molecule has 0 bridgehead atoms. The van der Waals surface area contributed by atoms with Gasteiger partial charge in [0.2, 0.25) is 5.91 Å². The lowest BCUT2D eigenvalue weighted by Gasteiger charge is -2.09. The van der Waals surface area contributed by atoms with Gasteiger partial charge in [0.1, 0.15) is 12.2 Å². The predicted molar refractivity (Wildman–Crippen MR) is 106 cm³/mol. The van der Waals surface area contributed by atoms with Crippen molar-refractivity contribution in [1.82, 2.24) is 15.1 Å². The summed E-state index contributed by atoms with van der Waals surface area (Å²) in [5, 5.41) is 9.44. The molecule has 3 aromatic rings. The molecular formula is C21H20N4O3. The van der Waals surface area contributed by atoms with E-state index in [1.165, 1.54) is 12.1 Å². The maximum Gasteiger partial charge on any atom is 0.276 e. The third-order valence-electron chi connectivity index (χ3n) is 4.03. The second-order valence-corrected chi connectivity index (χ2v) is 6.30. The summed E-state index contributed by atoms with van der Waals surface area (Å²) in [6, 6.07) is 19.2. The van der Waals surface area contributed by atoms with Crippen LogP contribution >= 0.6 is 0 Å². The van der Waals surface area contributed by atoms with E-state index >= 15 is 0 Å². The number of carbonyl (C=O) groups excluding carboxylic acids is 2. The molecular weight excluding hydrogens is 356 g/mol. The number of hydrogen-bond donors (Lipinski definition) is 2. The Bertz CT molecular complexity index is 1030. The minimum Gasteiger partial charge on any atom is -0.350 e. The molecule has 7 heteroatoms. The normalized spacial score (nSPS) is 10.3. The quantitative estimate of drug-likeness (QED) is 0.689. The van der Waals surface area contributed by atoms with Crippen LogP contribution in [-0.4, -0.2) is 21.6 Å². The first kappa shape index (κ1) is 19.0. The molecule has 0 aliphatic heterocycles. The van der Waals surface area contributed by atoms with Crippen molar-refractivity contribution < 1.29 is 9.59 Å². The molecule has 7 nitrogen and oxygen atoms in total. The number of para-hydroxylation sites is 1. The van der Waals surface area contributed by atoms with Crippen molar-refractivity contribution in [3.05, 3.63) is 93.9 Å². The summed E-state index contributed by atoms with van der Waals surface area (Å²) in [6.07, 6.45) is 0. The molecule has 2 N–H and O–H groups in total. The van der Waals surface area contributed by atoms with Crippen molar-refractivity contribution in [2.75, 3.05) is 5.32 Å². The fraction of sp³-hybridized carbons (Fsp3) is 0.143. The number of benzene rings is 2. The van der Waals surface area contributed by atoms with Gasteiger partial charge in [-0.2, -0.15) is 5.10 Å². The van der Waals surface area contributed by atoms with Crippen molar-refractivity contribution in [3.63, 3.8) is 0 Å². The van der Waals surface area contributed by atoms with E-state index in [4.69, 9.17) is 0 Å². The van der Waals surface area contributed by atoms with E-state index in [1.54, 1.807) is 24.3 Å². The van der Waals surface area contributed by atoms with E-state index in [0.29, 0.717) is 12.2 Å². The summed E-state index contributed by atoms with van der Waals surface area (Å²) < 4.78 is 0.977. The molecule has 1 heterocycles. The number of nitrogens with one attached hydrogen (secondary N) is 2. The van der Waals surface area contributed by atoms with Crippen LogP contribution in [0.5, 0.6) is 0 Å². The zero-order valence-corrected chi connectivity index (χ0v) is 15.4.